The Morgan fingerprint density at radius 2 is 1.77 bits per heavy atom. The molecule has 8 heteroatoms. The molecular formula is C23H34N4O3S. The van der Waals surface area contributed by atoms with Gasteiger partial charge >= 0.3 is 0 Å². The van der Waals surface area contributed by atoms with E-state index in [0.717, 1.165) is 50.1 Å². The Hall–Kier alpha value is -2.06. The molecule has 0 saturated carbocycles. The fourth-order valence-electron chi connectivity index (χ4n) is 5.33. The largest absolute Gasteiger partial charge is 0.490 e. The number of anilines is 1. The van der Waals surface area contributed by atoms with Gasteiger partial charge in [0.2, 0.25) is 10.0 Å². The lowest BCUT2D eigenvalue weighted by Crippen LogP contribution is -2.49. The molecule has 1 N–H and O–H groups in total. The third-order valence-electron chi connectivity index (χ3n) is 6.80. The highest BCUT2D eigenvalue weighted by Gasteiger charge is 2.49. The van der Waals surface area contributed by atoms with E-state index in [9.17, 15) is 8.42 Å². The molecule has 1 aromatic carbocycles. The van der Waals surface area contributed by atoms with Crippen molar-refractivity contribution in [1.82, 2.24) is 14.5 Å². The topological polar surface area (TPSA) is 78.5 Å². The second-order valence-electron chi connectivity index (χ2n) is 8.82. The normalized spacial score (nSPS) is 23.8. The van der Waals surface area contributed by atoms with E-state index in [0.29, 0.717) is 16.3 Å². The maximum atomic E-state index is 13.4. The lowest BCUT2D eigenvalue weighted by Gasteiger charge is -2.38. The summed E-state index contributed by atoms with van der Waals surface area (Å²) in [6, 6.07) is 6.33. The summed E-state index contributed by atoms with van der Waals surface area (Å²) in [5.74, 6) is 0.901. The van der Waals surface area contributed by atoms with E-state index in [1.807, 2.05) is 0 Å². The van der Waals surface area contributed by atoms with Crippen LogP contribution in [0.2, 0.25) is 0 Å². The Morgan fingerprint density at radius 1 is 1.13 bits per heavy atom. The quantitative estimate of drug-likeness (QED) is 0.697. The molecule has 4 rings (SSSR count). The van der Waals surface area contributed by atoms with E-state index in [-0.39, 0.29) is 18.2 Å². The highest BCUT2D eigenvalue weighted by atomic mass is 32.2. The van der Waals surface area contributed by atoms with Crippen molar-refractivity contribution >= 4 is 15.7 Å². The van der Waals surface area contributed by atoms with Crippen LogP contribution >= 0.6 is 0 Å². The number of sulfonamides is 1. The van der Waals surface area contributed by atoms with E-state index in [2.05, 4.69) is 54.1 Å². The Balaban J connectivity index is 1.50. The number of aromatic amines is 1. The van der Waals surface area contributed by atoms with Gasteiger partial charge in [0.05, 0.1) is 11.4 Å². The van der Waals surface area contributed by atoms with E-state index < -0.39 is 10.0 Å². The molecule has 2 aromatic rings. The Morgan fingerprint density at radius 3 is 2.29 bits per heavy atom. The van der Waals surface area contributed by atoms with Gasteiger partial charge in [0.15, 0.2) is 0 Å². The van der Waals surface area contributed by atoms with Crippen molar-refractivity contribution in [1.29, 1.82) is 0 Å². The Kier molecular flexibility index (Phi) is 6.05. The van der Waals surface area contributed by atoms with Crippen LogP contribution in [0.4, 0.5) is 5.69 Å². The summed E-state index contributed by atoms with van der Waals surface area (Å²) in [7, 11) is -3.56. The van der Waals surface area contributed by atoms with E-state index in [1.165, 1.54) is 5.69 Å². The molecule has 3 atom stereocenters. The lowest BCUT2D eigenvalue weighted by atomic mass is 10.0. The van der Waals surface area contributed by atoms with Crippen LogP contribution in [0, 0.1) is 20.8 Å². The average molecular weight is 447 g/mol. The maximum Gasteiger partial charge on any atom is 0.247 e. The molecule has 2 fully saturated rings. The summed E-state index contributed by atoms with van der Waals surface area (Å²) in [6.07, 6.45) is 3.26. The molecule has 2 bridgehead atoms. The number of nitrogens with one attached hydrogen (secondary N) is 1. The molecule has 0 aliphatic carbocycles. The van der Waals surface area contributed by atoms with Crippen LogP contribution in [0.3, 0.4) is 0 Å². The summed E-state index contributed by atoms with van der Waals surface area (Å²) < 4.78 is 35.1. The maximum absolute atomic E-state index is 13.4. The molecule has 7 nitrogen and oxygen atoms in total. The minimum Gasteiger partial charge on any atom is -0.490 e. The molecule has 31 heavy (non-hydrogen) atoms. The van der Waals surface area contributed by atoms with E-state index in [1.54, 1.807) is 18.2 Å². The Bertz CT molecular complexity index is 1010. The minimum absolute atomic E-state index is 0.0160. The smallest absolute Gasteiger partial charge is 0.247 e. The van der Waals surface area contributed by atoms with Crippen LogP contribution in [-0.2, 0) is 10.0 Å². The number of aryl methyl sites for hydroxylation is 3. The zero-order valence-electron chi connectivity index (χ0n) is 19.2. The number of hydrogen-bond acceptors (Lipinski definition) is 5. The molecule has 3 heterocycles. The van der Waals surface area contributed by atoms with Crippen molar-refractivity contribution in [3.8, 4) is 5.75 Å². The fraction of sp³-hybridized carbons (Fsp3) is 0.609. The summed E-state index contributed by atoms with van der Waals surface area (Å²) >= 11 is 0. The second kappa shape index (κ2) is 8.47. The molecule has 1 aromatic heterocycles. The SMILES string of the molecule is CCN(CC)c1ccc(OC2C[C@H]3CC[C@@H](C2)N3S(=O)(=O)c2c(C)n[nH]c2C)c(C)c1. The van der Waals surface area contributed by atoms with Gasteiger partial charge in [-0.15, -0.1) is 0 Å². The first-order valence-electron chi connectivity index (χ1n) is 11.3. The number of ether oxygens (including phenoxy) is 1. The summed E-state index contributed by atoms with van der Waals surface area (Å²) in [4.78, 5) is 2.66. The van der Waals surface area contributed by atoms with Crippen molar-refractivity contribution in [2.24, 2.45) is 0 Å². The highest BCUT2D eigenvalue weighted by Crippen LogP contribution is 2.42. The van der Waals surface area contributed by atoms with Gasteiger partial charge in [-0.2, -0.15) is 9.40 Å². The summed E-state index contributed by atoms with van der Waals surface area (Å²) in [5.41, 5.74) is 3.48. The number of hydrogen-bond donors (Lipinski definition) is 1. The number of aromatic nitrogens is 2. The second-order valence-corrected chi connectivity index (χ2v) is 10.6. The van der Waals surface area contributed by atoms with Gasteiger partial charge in [0.25, 0.3) is 0 Å². The van der Waals surface area contributed by atoms with Gasteiger partial charge in [-0.25, -0.2) is 8.42 Å². The standard InChI is InChI=1S/C23H34N4O3S/c1-6-26(7-2)18-10-11-22(15(3)12-18)30-21-13-19-8-9-20(14-21)27(19)31(28,29)23-16(4)24-25-17(23)5/h10-12,19-21H,6-9,13-14H2,1-5H3,(H,24,25)/t19-,20+,21?. The molecule has 2 saturated heterocycles. The molecule has 0 radical (unpaired) electrons. The zero-order valence-corrected chi connectivity index (χ0v) is 20.0. The van der Waals surface area contributed by atoms with Crippen LogP contribution in [0.25, 0.3) is 0 Å². The van der Waals surface area contributed by atoms with Crippen LogP contribution in [0.15, 0.2) is 23.1 Å². The predicted molar refractivity (Wildman–Crippen MR) is 122 cm³/mol. The third kappa shape index (κ3) is 3.96. The van der Waals surface area contributed by atoms with Crippen molar-refractivity contribution in [3.05, 3.63) is 35.2 Å². The van der Waals surface area contributed by atoms with E-state index in [4.69, 9.17) is 4.74 Å². The number of fused-ring (bicyclic) bond motifs is 2. The first-order valence-corrected chi connectivity index (χ1v) is 12.8. The highest BCUT2D eigenvalue weighted by molar-refractivity contribution is 7.89. The Labute approximate surface area is 185 Å². The first kappa shape index (κ1) is 22.1. The molecule has 0 amide bonds. The monoisotopic (exact) mass is 446 g/mol. The van der Waals surface area contributed by atoms with Crippen LogP contribution < -0.4 is 9.64 Å². The number of nitrogens with zero attached hydrogens (tertiary/aromatic N) is 3. The fourth-order valence-corrected chi connectivity index (χ4v) is 7.56. The van der Waals surface area contributed by atoms with Gasteiger partial charge in [0.1, 0.15) is 16.7 Å². The average Bonchev–Trinajstić information content (AvgIpc) is 3.21. The van der Waals surface area contributed by atoms with Gasteiger partial charge in [-0.05, 0) is 71.2 Å². The molecule has 0 spiro atoms. The van der Waals surface area contributed by atoms with Crippen molar-refractivity contribution in [2.75, 3.05) is 18.0 Å². The molecule has 2 aliphatic rings. The number of piperidine rings is 1. The predicted octanol–water partition coefficient (Wildman–Crippen LogP) is 3.94. The van der Waals surface area contributed by atoms with Gasteiger partial charge in [-0.1, -0.05) is 0 Å². The van der Waals surface area contributed by atoms with Crippen LogP contribution in [0.5, 0.6) is 5.75 Å². The van der Waals surface area contributed by atoms with Gasteiger partial charge in [0, 0.05) is 43.7 Å². The first-order chi connectivity index (χ1) is 14.8. The van der Waals surface area contributed by atoms with Crippen LogP contribution in [0.1, 0.15) is 56.5 Å². The summed E-state index contributed by atoms with van der Waals surface area (Å²) in [6.45, 7) is 11.9. The third-order valence-corrected chi connectivity index (χ3v) is 9.07. The zero-order chi connectivity index (χ0) is 22.3. The van der Waals surface area contributed by atoms with Crippen LogP contribution in [-0.4, -0.2) is 54.2 Å². The molecule has 1 unspecified atom stereocenters. The van der Waals surface area contributed by atoms with E-state index >= 15 is 0 Å². The number of H-pyrrole nitrogens is 1. The lowest BCUT2D eigenvalue weighted by molar-refractivity contribution is 0.0950. The van der Waals surface area contributed by atoms with Crippen molar-refractivity contribution in [3.63, 3.8) is 0 Å². The molecular weight excluding hydrogens is 412 g/mol. The minimum atomic E-state index is -3.56. The molecule has 170 valence electrons. The van der Waals surface area contributed by atoms with Gasteiger partial charge < -0.3 is 9.64 Å². The van der Waals surface area contributed by atoms with Gasteiger partial charge in [-0.3, -0.25) is 5.10 Å². The summed E-state index contributed by atoms with van der Waals surface area (Å²) in [5, 5.41) is 6.92. The molecule has 2 aliphatic heterocycles. The van der Waals surface area contributed by atoms with Crippen molar-refractivity contribution < 1.29 is 13.2 Å². The van der Waals surface area contributed by atoms with Crippen molar-refractivity contribution in [2.45, 2.75) is 83.4 Å². The number of benzene rings is 1. The number of rotatable bonds is 7.